The minimum absolute atomic E-state index is 0. The van der Waals surface area contributed by atoms with Gasteiger partial charge in [0.15, 0.2) is 122 Å². The number of aromatic nitrogens is 20. The molecule has 8 aliphatic rings. The third-order valence-electron chi connectivity index (χ3n) is 22.2. The number of aliphatic carboxylic acids is 1. The summed E-state index contributed by atoms with van der Waals surface area (Å²) in [4.78, 5) is 72.8. The molecule has 62 heteroatoms. The molecular weight excluding hydrogens is 2070 g/mol. The number of ether oxygens (including phenoxy) is 11. The number of fused-ring (bicyclic) bond motifs is 8. The number of aliphatic hydroxyl groups is 5. The summed E-state index contributed by atoms with van der Waals surface area (Å²) in [5.41, 5.74) is 28.5. The second-order valence-corrected chi connectivity index (χ2v) is 39.2. The zero-order chi connectivity index (χ0) is 102. The number of thioether (sulfide) groups is 4. The van der Waals surface area contributed by atoms with Crippen molar-refractivity contribution in [3.05, 3.63) is 63.3 Å². The van der Waals surface area contributed by atoms with Crippen LogP contribution in [0.4, 0.5) is 42.3 Å². The van der Waals surface area contributed by atoms with Gasteiger partial charge in [-0.1, -0.05) is 15.9 Å². The number of carbonyl (C=O) groups is 1. The fourth-order valence-electron chi connectivity index (χ4n) is 16.1. The maximum absolute atomic E-state index is 10.6. The van der Waals surface area contributed by atoms with Crippen LogP contribution in [0.2, 0.25) is 13.6 Å². The molecule has 8 saturated heterocycles. The van der Waals surface area contributed by atoms with Gasteiger partial charge < -0.3 is 144 Å². The number of nitrogen functional groups attached to an aromatic ring is 2. The molecular formula is C80H124B2BrCl2F3N29NaO20S4. The summed E-state index contributed by atoms with van der Waals surface area (Å²) in [6, 6.07) is 0. The predicted molar refractivity (Wildman–Crippen MR) is 532 cm³/mol. The topological polar surface area (TPSA) is 663 Å². The monoisotopic (exact) mass is 2190 g/mol. The van der Waals surface area contributed by atoms with Crippen molar-refractivity contribution in [3.8, 4) is 0 Å². The average molecular weight is 2190 g/mol. The van der Waals surface area contributed by atoms with Crippen molar-refractivity contribution in [1.82, 2.24) is 108 Å². The van der Waals surface area contributed by atoms with Crippen molar-refractivity contribution < 1.29 is 142 Å². The van der Waals surface area contributed by atoms with Crippen LogP contribution in [-0.4, -0.2) is 385 Å². The third-order valence-corrected chi connectivity index (χ3v) is 25.4. The van der Waals surface area contributed by atoms with Gasteiger partial charge >= 0.3 is 55.8 Å². The molecule has 10 aromatic rings. The quantitative estimate of drug-likeness (QED) is 0.0158. The second kappa shape index (κ2) is 54.8. The van der Waals surface area contributed by atoms with E-state index in [0.29, 0.717) is 118 Å². The molecule has 0 aliphatic carbocycles. The molecule has 20 atom stereocenters. The van der Waals surface area contributed by atoms with Gasteiger partial charge in [-0.2, -0.15) is 60.2 Å². The van der Waals surface area contributed by atoms with Crippen molar-refractivity contribution in [2.24, 2.45) is 11.5 Å². The van der Waals surface area contributed by atoms with E-state index >= 15 is 0 Å². The van der Waals surface area contributed by atoms with Gasteiger partial charge in [-0.3, -0.25) is 22.8 Å². The summed E-state index contributed by atoms with van der Waals surface area (Å²) in [7, 11) is -0.877. The molecule has 0 radical (unpaired) electrons. The minimum Gasteiger partial charge on any atom is -1.00 e. The molecule has 18 heterocycles. The Hall–Kier alpha value is -6.28. The number of imidazole rings is 5. The summed E-state index contributed by atoms with van der Waals surface area (Å²) in [6.45, 7) is 19.5. The van der Waals surface area contributed by atoms with Crippen LogP contribution >= 0.6 is 86.2 Å². The minimum atomic E-state index is -5.08. The van der Waals surface area contributed by atoms with Crippen LogP contribution in [0, 0.1) is 0 Å². The van der Waals surface area contributed by atoms with Crippen LogP contribution < -0.4 is 78.9 Å². The van der Waals surface area contributed by atoms with E-state index in [1.54, 1.807) is 90.6 Å². The second-order valence-electron chi connectivity index (χ2n) is 33.9. The molecule has 0 spiro atoms. The molecule has 8 fully saturated rings. The van der Waals surface area contributed by atoms with Crippen LogP contribution in [0.1, 0.15) is 99.8 Å². The van der Waals surface area contributed by atoms with E-state index in [9.17, 15) is 38.6 Å². The van der Waals surface area contributed by atoms with Gasteiger partial charge in [-0.25, -0.2) is 79.6 Å². The molecule has 21 N–H and O–H groups in total. The molecule has 10 aromatic heterocycles. The molecule has 782 valence electrons. The van der Waals surface area contributed by atoms with E-state index in [2.05, 4.69) is 130 Å². The number of alkyl halides is 6. The summed E-state index contributed by atoms with van der Waals surface area (Å²) in [5.74, 6) is 0.997. The summed E-state index contributed by atoms with van der Waals surface area (Å²) < 4.78 is 107. The Bertz CT molecular complexity index is 5580. The maximum Gasteiger partial charge on any atom is 1.00 e. The van der Waals surface area contributed by atoms with Crippen LogP contribution in [0.3, 0.4) is 0 Å². The van der Waals surface area contributed by atoms with E-state index in [4.69, 9.17) is 118 Å². The van der Waals surface area contributed by atoms with Crippen molar-refractivity contribution >= 4 is 191 Å². The Labute approximate surface area is 875 Å². The number of nitrogens with one attached hydrogen (secondary N) is 5. The first-order valence-corrected chi connectivity index (χ1v) is 52.6. The number of carboxylic acids is 1. The van der Waals surface area contributed by atoms with Gasteiger partial charge in [0.1, 0.15) is 110 Å². The number of halogens is 6. The number of anilines is 5. The molecule has 8 aliphatic heterocycles. The zero-order valence-corrected chi connectivity index (χ0v) is 88.7. The van der Waals surface area contributed by atoms with Gasteiger partial charge in [-0.15, -0.1) is 23.2 Å². The molecule has 0 saturated carbocycles. The fraction of sp³-hybridized carbons (Fsp3) is 0.675. The Morgan fingerprint density at radius 1 is 0.444 bits per heavy atom. The predicted octanol–water partition coefficient (Wildman–Crippen LogP) is 0.897. The van der Waals surface area contributed by atoms with Crippen LogP contribution in [0.15, 0.2) is 63.3 Å². The van der Waals surface area contributed by atoms with E-state index < -0.39 is 92.2 Å². The first kappa shape index (κ1) is 118. The summed E-state index contributed by atoms with van der Waals surface area (Å²) in [5, 5.41) is 91.0. The molecule has 0 amide bonds. The summed E-state index contributed by atoms with van der Waals surface area (Å²) >= 11 is 19.5. The van der Waals surface area contributed by atoms with Crippen LogP contribution in [0.25, 0.3) is 55.8 Å². The zero-order valence-electron chi connectivity index (χ0n) is 81.3. The average Bonchev–Trinajstić information content (AvgIpc) is 1.59. The maximum atomic E-state index is 10.6. The van der Waals surface area contributed by atoms with Crippen molar-refractivity contribution in [3.63, 3.8) is 0 Å². The smallest absolute Gasteiger partial charge is 1.00 e. The SMILES string of the molecule is CB(O)NCCCBr.CSC[C@H]1O[C@@H](n2cnc3c(N)ncnc32)[C@@H]2OC(C)(C)O[C@@H]21.CSC[C@H]1O[C@@H](n2cnc3c(NCCCN)ncnc32)[C@@H]2OC(C)(C)O[C@@H]21.CSC[C@H]1O[C@@H](n2cnc3c(NCCCN)ncnc32)[C@H](O)[C@@H]1O.CSC[C@H]1O[C@@H](n2cnc3c(NCCCNB(C)O)ncnc32)[C@@H]2OC(C)(C)O[C@@H]21.ClCCl.Nc1ncnc2c1ncn2[C@@H]1O[C@H](CO)[C@@H](O)[C@H]1O.O=C(O)C(F)(F)F.[H-].[Na+]. The number of nitrogens with two attached hydrogens (primary N) is 4. The number of hydrogen-bond acceptors (Lipinski definition) is 47. The number of rotatable bonds is 32. The Morgan fingerprint density at radius 2 is 0.711 bits per heavy atom. The molecule has 0 bridgehead atoms. The first-order valence-electron chi connectivity index (χ1n) is 44.8. The normalized spacial score (nSPS) is 26.6. The van der Waals surface area contributed by atoms with Crippen LogP contribution in [0.5, 0.6) is 0 Å². The molecule has 0 aromatic carbocycles. The van der Waals surface area contributed by atoms with Crippen molar-refractivity contribution in [2.75, 3.05) is 139 Å². The van der Waals surface area contributed by atoms with Gasteiger partial charge in [0.2, 0.25) is 0 Å². The van der Waals surface area contributed by atoms with Gasteiger partial charge in [0.25, 0.3) is 0 Å². The first-order chi connectivity index (χ1) is 67.4. The fourth-order valence-corrected chi connectivity index (χ4v) is 18.8. The van der Waals surface area contributed by atoms with Gasteiger partial charge in [-0.05, 0) is 132 Å². The van der Waals surface area contributed by atoms with E-state index in [0.717, 1.165) is 61.4 Å². The van der Waals surface area contributed by atoms with Crippen molar-refractivity contribution in [1.29, 1.82) is 0 Å². The number of aliphatic hydroxyl groups excluding tert-OH is 5. The van der Waals surface area contributed by atoms with E-state index in [1.807, 2.05) is 67.8 Å². The number of carboxylic acid groups (broad SMARTS) is 1. The summed E-state index contributed by atoms with van der Waals surface area (Å²) in [6.07, 6.45) is 12.4. The van der Waals surface area contributed by atoms with Gasteiger partial charge in [0, 0.05) is 48.0 Å². The third kappa shape index (κ3) is 29.7. The Kier molecular flexibility index (Phi) is 45.4. The van der Waals surface area contributed by atoms with Crippen LogP contribution in [-0.2, 0) is 56.9 Å². The Balaban J connectivity index is 0.000000191. The largest absolute Gasteiger partial charge is 1.00 e. The number of nitrogens with zero attached hydrogens (tertiary/aromatic N) is 20. The van der Waals surface area contributed by atoms with Gasteiger partial charge in [0.05, 0.1) is 68.0 Å². The van der Waals surface area contributed by atoms with E-state index in [1.165, 1.54) is 42.5 Å². The standard InChI is InChI=1S/C18H29BN6O4S.C17H26N6O3S.C14H22N6O3S.C14H19N5O3S.C10H13N5O4.C4H11BBrNO.C2HF3O2.CH2Cl2.Na.H/c1-18(2)28-13-11(8-30-4)27-17(14(13)29-18)25-10-23-12-15(21-9-22-16(12)25)20-6-5-7-24-19(3)26;1-17(2)25-12-10(7-27-3)24-16(13(12)26-17)23-9-22-11-14(19-6-4-5-18)20-8-21-15(11)23;1-24-5-8-10(21)11(22)14(23-8)20-7-19-9-12(16-4-2-3-15)17-6-18-13(9)20;1-14(2)21-9-7(4-23-3)20-13(10(9)22-14)19-6-18-8-11(15)16-5-17-12(8)19;11-8-5-9(13-2-12-8)15(3-14-5)10-7(18)6(17)4(1-16)19-10;1-5(8)7-4-2-3-6;3-2(4,5)1(6)7;2-1-3;;/h9-11,13-14,17,24,26H,5-8H2,1-4H3,(H,20,21,22);8-10,12-13,16H,4-7,18H2,1-3H3,(H,19,20,21);6-8,10-11,14,21-22H,2-5,15H2,1H3,(H,16,17,18);5-7,9-10,13H,4H2,1-3H3,(H2,15,16,17);2-4,6-7,10,16-18H,1H2,(H2,11,12,13);7-8H,2-4H2,1H3;(H,6,7);1H2;;/q;;;;;;;;+1;-1/t11-,13-,14-,17-;10-,12-,13-,16-;8-,10-,11-,14-;7-,9-,10-,13-;4-,6-,7-,10-;;;;;/m11111...../s1. The van der Waals surface area contributed by atoms with E-state index in [-0.39, 0.29) is 123 Å². The molecule has 0 unspecified atom stereocenters. The Morgan fingerprint density at radius 3 is 1.01 bits per heavy atom. The molecule has 142 heavy (non-hydrogen) atoms. The number of hydrogen-bond donors (Lipinski definition) is 17. The molecule has 49 nitrogen and oxygen atoms in total. The van der Waals surface area contributed by atoms with Crippen molar-refractivity contribution in [2.45, 2.75) is 227 Å². The molecule has 18 rings (SSSR count).